The minimum atomic E-state index is 0.333. The van der Waals surface area contributed by atoms with Gasteiger partial charge in [0.05, 0.1) is 0 Å². The van der Waals surface area contributed by atoms with Gasteiger partial charge in [0.15, 0.2) is 0 Å². The molecule has 0 aromatic heterocycles. The lowest BCUT2D eigenvalue weighted by Crippen LogP contribution is -2.34. The van der Waals surface area contributed by atoms with Crippen LogP contribution >= 0.6 is 0 Å². The maximum atomic E-state index is 8.81. The minimum Gasteiger partial charge on any atom is -0.315 e. The number of rotatable bonds is 2. The van der Waals surface area contributed by atoms with Crippen molar-refractivity contribution in [2.75, 3.05) is 7.05 Å². The summed E-state index contributed by atoms with van der Waals surface area (Å²) in [4.78, 5) is 8.81. The van der Waals surface area contributed by atoms with Crippen molar-refractivity contribution < 1.29 is 4.79 Å². The molecule has 0 radical (unpaired) electrons. The van der Waals surface area contributed by atoms with Crippen LogP contribution in [0.15, 0.2) is 0 Å². The Balaban J connectivity index is 0. The molecular formula is C8H19NO. The number of nitrogens with one attached hydrogen (secondary N) is 1. The van der Waals surface area contributed by atoms with Gasteiger partial charge >= 0.3 is 0 Å². The molecule has 0 amide bonds. The van der Waals surface area contributed by atoms with Crippen molar-refractivity contribution in [3.05, 3.63) is 0 Å². The summed E-state index contributed by atoms with van der Waals surface area (Å²) in [5.74, 6) is 0. The molecule has 2 nitrogen and oxygen atoms in total. The molecular weight excluding hydrogens is 126 g/mol. The van der Waals surface area contributed by atoms with Crippen LogP contribution in [-0.2, 0) is 4.79 Å². The van der Waals surface area contributed by atoms with Gasteiger partial charge in [0.2, 0.25) is 0 Å². The summed E-state index contributed by atoms with van der Waals surface area (Å²) in [7, 11) is 1.99. The summed E-state index contributed by atoms with van der Waals surface area (Å²) in [5.41, 5.74) is 0.333. The third-order valence-corrected chi connectivity index (χ3v) is 1.56. The lowest BCUT2D eigenvalue weighted by atomic mass is 10.0. The number of aldehydes is 1. The van der Waals surface area contributed by atoms with Crippen molar-refractivity contribution >= 4 is 6.29 Å². The van der Waals surface area contributed by atoms with E-state index in [2.05, 4.69) is 26.1 Å². The molecule has 0 aromatic carbocycles. The van der Waals surface area contributed by atoms with Gasteiger partial charge in [0.25, 0.3) is 0 Å². The average molecular weight is 145 g/mol. The van der Waals surface area contributed by atoms with Crippen LogP contribution in [0.2, 0.25) is 0 Å². The summed E-state index contributed by atoms with van der Waals surface area (Å²) < 4.78 is 0. The molecule has 62 valence electrons. The van der Waals surface area contributed by atoms with E-state index in [4.69, 9.17) is 4.79 Å². The molecule has 1 N–H and O–H groups in total. The van der Waals surface area contributed by atoms with E-state index in [9.17, 15) is 0 Å². The van der Waals surface area contributed by atoms with Crippen LogP contribution in [0.3, 0.4) is 0 Å². The number of hydrogen-bond acceptors (Lipinski definition) is 2. The van der Waals surface area contributed by atoms with Crippen LogP contribution < -0.4 is 5.32 Å². The van der Waals surface area contributed by atoms with Crippen molar-refractivity contribution in [1.82, 2.24) is 5.32 Å². The second kappa shape index (κ2) is 6.75. The maximum Gasteiger partial charge on any atom is 0.116 e. The van der Waals surface area contributed by atoms with E-state index < -0.39 is 0 Å². The Labute approximate surface area is 64.0 Å². The highest BCUT2D eigenvalue weighted by atomic mass is 16.1. The molecule has 0 rings (SSSR count). The number of carbonyl (C=O) groups is 1. The van der Waals surface area contributed by atoms with E-state index >= 15 is 0 Å². The lowest BCUT2D eigenvalue weighted by molar-refractivity contribution is -0.106. The Morgan fingerprint density at radius 3 is 1.80 bits per heavy atom. The zero-order valence-electron chi connectivity index (χ0n) is 7.69. The van der Waals surface area contributed by atoms with Crippen molar-refractivity contribution in [1.29, 1.82) is 0 Å². The second-order valence-corrected chi connectivity index (χ2v) is 2.72. The summed E-state index contributed by atoms with van der Waals surface area (Å²) in [5, 5.41) is 3.19. The van der Waals surface area contributed by atoms with Crippen molar-refractivity contribution in [3.63, 3.8) is 0 Å². The van der Waals surface area contributed by atoms with E-state index in [1.54, 1.807) is 0 Å². The summed E-state index contributed by atoms with van der Waals surface area (Å²) >= 11 is 0. The highest BCUT2D eigenvalue weighted by Crippen LogP contribution is 2.03. The second-order valence-electron chi connectivity index (χ2n) is 2.72. The number of carbonyl (C=O) groups excluding carboxylic acids is 1. The van der Waals surface area contributed by atoms with Gasteiger partial charge in [-0.3, -0.25) is 0 Å². The van der Waals surface area contributed by atoms with Crippen LogP contribution in [0.25, 0.3) is 0 Å². The smallest absolute Gasteiger partial charge is 0.116 e. The standard InChI is InChI=1S/C6H15N.C2H4O/c1-5-6(2,3)7-4;1-2-3/h7H,5H2,1-4H3;2H,1H3. The summed E-state index contributed by atoms with van der Waals surface area (Å²) in [6, 6.07) is 0. The van der Waals surface area contributed by atoms with Crippen LogP contribution in [0.4, 0.5) is 0 Å². The van der Waals surface area contributed by atoms with Gasteiger partial charge < -0.3 is 10.1 Å². The molecule has 0 aliphatic rings. The van der Waals surface area contributed by atoms with Crippen molar-refractivity contribution in [2.24, 2.45) is 0 Å². The molecule has 0 aromatic rings. The fraction of sp³-hybridized carbons (Fsp3) is 0.875. The summed E-state index contributed by atoms with van der Waals surface area (Å²) in [6.45, 7) is 8.00. The molecule has 10 heavy (non-hydrogen) atoms. The van der Waals surface area contributed by atoms with Gasteiger partial charge in [-0.2, -0.15) is 0 Å². The van der Waals surface area contributed by atoms with Crippen LogP contribution in [0.1, 0.15) is 34.1 Å². The van der Waals surface area contributed by atoms with Gasteiger partial charge in [-0.25, -0.2) is 0 Å². The molecule has 0 saturated heterocycles. The average Bonchev–Trinajstić information content (AvgIpc) is 1.90. The Morgan fingerprint density at radius 1 is 1.50 bits per heavy atom. The molecule has 0 unspecified atom stereocenters. The van der Waals surface area contributed by atoms with E-state index in [1.165, 1.54) is 13.3 Å². The van der Waals surface area contributed by atoms with Gasteiger partial charge in [0, 0.05) is 5.54 Å². The molecule has 0 spiro atoms. The molecule has 0 fully saturated rings. The van der Waals surface area contributed by atoms with Gasteiger partial charge in [-0.15, -0.1) is 0 Å². The largest absolute Gasteiger partial charge is 0.315 e. The third-order valence-electron chi connectivity index (χ3n) is 1.56. The quantitative estimate of drug-likeness (QED) is 0.598. The van der Waals surface area contributed by atoms with Crippen LogP contribution in [0.5, 0.6) is 0 Å². The van der Waals surface area contributed by atoms with E-state index in [0.717, 1.165) is 6.29 Å². The molecule has 0 heterocycles. The Bertz CT molecular complexity index is 73.3. The third kappa shape index (κ3) is 10.6. The van der Waals surface area contributed by atoms with E-state index in [0.29, 0.717) is 5.54 Å². The molecule has 0 aliphatic carbocycles. The first-order valence-corrected chi connectivity index (χ1v) is 3.62. The Kier molecular flexibility index (Phi) is 8.31. The van der Waals surface area contributed by atoms with Gasteiger partial charge in [-0.05, 0) is 34.2 Å². The first-order chi connectivity index (χ1) is 4.54. The Morgan fingerprint density at radius 2 is 1.80 bits per heavy atom. The first kappa shape index (κ1) is 12.3. The fourth-order valence-electron chi connectivity index (χ4n) is 0.177. The highest BCUT2D eigenvalue weighted by molar-refractivity contribution is 5.44. The SMILES string of the molecule is CC=O.CCC(C)(C)NC. The molecule has 0 aliphatic heterocycles. The van der Waals surface area contributed by atoms with E-state index in [1.807, 2.05) is 7.05 Å². The minimum absolute atomic E-state index is 0.333. The molecule has 2 heteroatoms. The predicted octanol–water partition coefficient (Wildman–Crippen LogP) is 1.60. The molecule has 0 bridgehead atoms. The van der Waals surface area contributed by atoms with Crippen molar-refractivity contribution in [3.8, 4) is 0 Å². The first-order valence-electron chi connectivity index (χ1n) is 3.62. The fourth-order valence-corrected chi connectivity index (χ4v) is 0.177. The van der Waals surface area contributed by atoms with Gasteiger partial charge in [0.1, 0.15) is 6.29 Å². The topological polar surface area (TPSA) is 29.1 Å². The summed E-state index contributed by atoms with van der Waals surface area (Å²) in [6.07, 6.45) is 1.93. The van der Waals surface area contributed by atoms with Crippen molar-refractivity contribution in [2.45, 2.75) is 39.7 Å². The van der Waals surface area contributed by atoms with Crippen LogP contribution in [0, 0.1) is 0 Å². The van der Waals surface area contributed by atoms with E-state index in [-0.39, 0.29) is 0 Å². The van der Waals surface area contributed by atoms with Gasteiger partial charge in [-0.1, -0.05) is 6.92 Å². The van der Waals surface area contributed by atoms with Crippen LogP contribution in [-0.4, -0.2) is 18.9 Å². The lowest BCUT2D eigenvalue weighted by Gasteiger charge is -2.20. The molecule has 0 saturated carbocycles. The number of hydrogen-bond donors (Lipinski definition) is 1. The Hall–Kier alpha value is -0.370. The normalized spacial score (nSPS) is 9.70. The zero-order valence-corrected chi connectivity index (χ0v) is 7.69. The maximum absolute atomic E-state index is 8.81. The predicted molar refractivity (Wildman–Crippen MR) is 45.2 cm³/mol. The monoisotopic (exact) mass is 145 g/mol. The highest BCUT2D eigenvalue weighted by Gasteiger charge is 2.08. The molecule has 0 atom stereocenters. The zero-order chi connectivity index (χ0) is 8.62.